The van der Waals surface area contributed by atoms with Gasteiger partial charge in [0.1, 0.15) is 19.7 Å². The number of allylic oxidation sites excluding steroid dienone is 1. The molecule has 2 heterocycles. The average Bonchev–Trinajstić information content (AvgIpc) is 3.22. The highest BCUT2D eigenvalue weighted by molar-refractivity contribution is 6.15. The van der Waals surface area contributed by atoms with E-state index in [2.05, 4.69) is 73.9 Å². The fourth-order valence-electron chi connectivity index (χ4n) is 5.31. The second kappa shape index (κ2) is 10.4. The topological polar surface area (TPSA) is 87.8 Å². The molecule has 1 saturated heterocycles. The molecule has 0 spiro atoms. The maximum absolute atomic E-state index is 9.14. The van der Waals surface area contributed by atoms with Gasteiger partial charge in [-0.15, -0.1) is 0 Å². The number of hydrogen-bond acceptors (Lipinski definition) is 6. The number of piperazine rings is 1. The number of hydrogen-bond donors (Lipinski definition) is 3. The Morgan fingerprint density at radius 2 is 2.14 bits per heavy atom. The summed E-state index contributed by atoms with van der Waals surface area (Å²) >= 11 is 0. The Balaban J connectivity index is 1.55. The molecular weight excluding hydrogens is 443 g/mol. The van der Waals surface area contributed by atoms with E-state index in [4.69, 9.17) is 10.7 Å². The molecule has 0 bridgehead atoms. The second-order valence-corrected chi connectivity index (χ2v) is 11.2. The molecule has 3 N–H and O–H groups in total. The first kappa shape index (κ1) is 25.9. The Kier molecular flexibility index (Phi) is 7.49. The average molecular weight is 480 g/mol. The molecule has 1 aliphatic heterocycles. The third-order valence-corrected chi connectivity index (χ3v) is 7.63. The molecule has 1 aromatic carbocycles. The third-order valence-electron chi connectivity index (χ3n) is 7.63. The van der Waals surface area contributed by atoms with Crippen LogP contribution in [0.5, 0.6) is 0 Å². The van der Waals surface area contributed by atoms with Gasteiger partial charge in [0.2, 0.25) is 0 Å². The summed E-state index contributed by atoms with van der Waals surface area (Å²) in [5.41, 5.74) is 9.15. The van der Waals surface area contributed by atoms with Crippen molar-refractivity contribution in [3.05, 3.63) is 76.1 Å². The van der Waals surface area contributed by atoms with E-state index in [1.165, 1.54) is 34.0 Å². The number of nitrogens with zero attached hydrogens (tertiary/aromatic N) is 3. The van der Waals surface area contributed by atoms with E-state index in [1.54, 1.807) is 6.20 Å². The molecule has 7 heteroatoms. The number of pyridine rings is 1. The SMILES string of the molecule is BC(C)(C)C1CN(C/C(C=N)=C/Nc2cc(C)c(C#N)cn2)CC(c2ccc3c(c2C)CCC3=C)N1. The zero-order valence-corrected chi connectivity index (χ0v) is 22.2. The van der Waals surface area contributed by atoms with Crippen LogP contribution in [0.1, 0.15) is 59.7 Å². The first-order valence-electron chi connectivity index (χ1n) is 12.7. The van der Waals surface area contributed by atoms with Crippen LogP contribution in [0.15, 0.2) is 42.7 Å². The number of aryl methyl sites for hydroxylation is 1. The second-order valence-electron chi connectivity index (χ2n) is 11.2. The summed E-state index contributed by atoms with van der Waals surface area (Å²) in [6.45, 7) is 15.5. The van der Waals surface area contributed by atoms with Gasteiger partial charge in [0.25, 0.3) is 0 Å². The third kappa shape index (κ3) is 5.45. The van der Waals surface area contributed by atoms with E-state index in [-0.39, 0.29) is 11.4 Å². The summed E-state index contributed by atoms with van der Waals surface area (Å²) in [7, 11) is 2.29. The van der Waals surface area contributed by atoms with Crippen LogP contribution in [0.2, 0.25) is 5.31 Å². The van der Waals surface area contributed by atoms with Gasteiger partial charge in [-0.3, -0.25) is 4.90 Å². The largest absolute Gasteiger partial charge is 0.346 e. The highest BCUT2D eigenvalue weighted by Gasteiger charge is 2.35. The number of fused-ring (bicyclic) bond motifs is 1. The molecule has 2 aliphatic rings. The van der Waals surface area contributed by atoms with E-state index in [9.17, 15) is 0 Å². The maximum atomic E-state index is 9.14. The van der Waals surface area contributed by atoms with E-state index in [0.29, 0.717) is 24.0 Å². The van der Waals surface area contributed by atoms with E-state index in [1.807, 2.05) is 19.2 Å². The van der Waals surface area contributed by atoms with Gasteiger partial charge >= 0.3 is 0 Å². The summed E-state index contributed by atoms with van der Waals surface area (Å²) < 4.78 is 0. The first-order chi connectivity index (χ1) is 17.1. The highest BCUT2D eigenvalue weighted by atomic mass is 15.2. The fraction of sp³-hybridized carbons (Fsp3) is 0.414. The minimum atomic E-state index is 0.104. The molecule has 1 aromatic heterocycles. The Morgan fingerprint density at radius 3 is 2.81 bits per heavy atom. The van der Waals surface area contributed by atoms with E-state index < -0.39 is 0 Å². The molecular formula is C29H37BN6. The van der Waals surface area contributed by atoms with Crippen LogP contribution in [-0.4, -0.2) is 49.6 Å². The van der Waals surface area contributed by atoms with Crippen molar-refractivity contribution in [1.29, 1.82) is 10.7 Å². The molecule has 186 valence electrons. The number of nitrogens with one attached hydrogen (secondary N) is 3. The molecule has 1 aliphatic carbocycles. The number of anilines is 1. The van der Waals surface area contributed by atoms with Crippen LogP contribution in [0, 0.1) is 30.6 Å². The number of nitriles is 1. The van der Waals surface area contributed by atoms with E-state index in [0.717, 1.165) is 37.1 Å². The molecule has 0 saturated carbocycles. The van der Waals surface area contributed by atoms with Gasteiger partial charge in [0.05, 0.1) is 5.56 Å². The van der Waals surface area contributed by atoms with Crippen LogP contribution < -0.4 is 10.6 Å². The first-order valence-corrected chi connectivity index (χ1v) is 12.7. The Labute approximate surface area is 216 Å². The summed E-state index contributed by atoms with van der Waals surface area (Å²) in [6, 6.07) is 9.11. The van der Waals surface area contributed by atoms with Crippen LogP contribution >= 0.6 is 0 Å². The quantitative estimate of drug-likeness (QED) is 0.406. The van der Waals surface area contributed by atoms with Gasteiger partial charge in [-0.1, -0.05) is 32.6 Å². The van der Waals surface area contributed by atoms with Gasteiger partial charge in [-0.05, 0) is 77.0 Å². The number of aromatic nitrogens is 1. The zero-order chi connectivity index (χ0) is 26.0. The summed E-state index contributed by atoms with van der Waals surface area (Å²) in [5, 5.41) is 24.4. The van der Waals surface area contributed by atoms with Crippen LogP contribution in [0.4, 0.5) is 5.82 Å². The molecule has 6 nitrogen and oxygen atoms in total. The molecule has 4 rings (SSSR count). The monoisotopic (exact) mass is 480 g/mol. The van der Waals surface area contributed by atoms with Crippen molar-refractivity contribution in [2.45, 2.75) is 57.9 Å². The lowest BCUT2D eigenvalue weighted by Crippen LogP contribution is -2.56. The van der Waals surface area contributed by atoms with Crippen molar-refractivity contribution < 1.29 is 0 Å². The van der Waals surface area contributed by atoms with Crippen molar-refractivity contribution in [2.24, 2.45) is 0 Å². The lowest BCUT2D eigenvalue weighted by molar-refractivity contribution is 0.154. The molecule has 1 fully saturated rings. The van der Waals surface area contributed by atoms with Crippen molar-refractivity contribution in [3.8, 4) is 6.07 Å². The number of benzene rings is 1. The van der Waals surface area contributed by atoms with Crippen molar-refractivity contribution in [3.63, 3.8) is 0 Å². The Bertz CT molecular complexity index is 1250. The van der Waals surface area contributed by atoms with Gasteiger partial charge in [-0.25, -0.2) is 4.98 Å². The standard InChI is InChI=1S/C29H37BN6/c1-18-6-7-24-20(3)25(9-8-23(18)24)26-16-36(17-27(35-26)29(4,5)30)15-21(11-31)13-33-28-10-19(2)22(12-32)14-34-28/h8-11,13-14,26-27,31,35H,1,6-7,15-17,30H2,2-5H3,(H,33,34)/b21-13+,31-11?. The van der Waals surface area contributed by atoms with Crippen molar-refractivity contribution in [1.82, 2.24) is 15.2 Å². The molecule has 2 unspecified atom stereocenters. The van der Waals surface area contributed by atoms with Gasteiger partial charge in [0, 0.05) is 50.3 Å². The van der Waals surface area contributed by atoms with Gasteiger partial charge in [-0.2, -0.15) is 5.26 Å². The smallest absolute Gasteiger partial charge is 0.130 e. The molecule has 2 aromatic rings. The lowest BCUT2D eigenvalue weighted by Gasteiger charge is -2.45. The summed E-state index contributed by atoms with van der Waals surface area (Å²) in [6.07, 6.45) is 7.00. The summed E-state index contributed by atoms with van der Waals surface area (Å²) in [5.74, 6) is 0.673. The maximum Gasteiger partial charge on any atom is 0.130 e. The Hall–Kier alpha value is -3.21. The van der Waals surface area contributed by atoms with Crippen molar-refractivity contribution >= 4 is 25.5 Å². The molecule has 0 amide bonds. The number of rotatable bonds is 7. The fourth-order valence-corrected chi connectivity index (χ4v) is 5.31. The minimum Gasteiger partial charge on any atom is -0.346 e. The predicted molar refractivity (Wildman–Crippen MR) is 151 cm³/mol. The predicted octanol–water partition coefficient (Wildman–Crippen LogP) is 4.32. The van der Waals surface area contributed by atoms with Crippen LogP contribution in [-0.2, 0) is 6.42 Å². The van der Waals surface area contributed by atoms with Crippen LogP contribution in [0.25, 0.3) is 5.57 Å². The van der Waals surface area contributed by atoms with Gasteiger partial charge in [0.15, 0.2) is 0 Å². The van der Waals surface area contributed by atoms with Crippen molar-refractivity contribution in [2.75, 3.05) is 25.0 Å². The highest BCUT2D eigenvalue weighted by Crippen LogP contribution is 2.38. The van der Waals surface area contributed by atoms with E-state index >= 15 is 0 Å². The molecule has 2 atom stereocenters. The molecule has 36 heavy (non-hydrogen) atoms. The normalized spacial score (nSPS) is 20.6. The zero-order valence-electron chi connectivity index (χ0n) is 22.2. The molecule has 0 radical (unpaired) electrons. The summed E-state index contributed by atoms with van der Waals surface area (Å²) in [4.78, 5) is 6.78. The van der Waals surface area contributed by atoms with Gasteiger partial charge < -0.3 is 16.0 Å². The minimum absolute atomic E-state index is 0.104. The van der Waals surface area contributed by atoms with Crippen LogP contribution in [0.3, 0.4) is 0 Å². The lowest BCUT2D eigenvalue weighted by atomic mass is 9.66. The Morgan fingerprint density at radius 1 is 1.36 bits per heavy atom.